The van der Waals surface area contributed by atoms with Crippen LogP contribution in [0, 0.1) is 6.92 Å². The number of aryl methyl sites for hydroxylation is 1. The molecule has 2 heterocycles. The maximum absolute atomic E-state index is 4.90. The van der Waals surface area contributed by atoms with E-state index in [0.717, 1.165) is 39.4 Å². The average molecular weight is 311 g/mol. The van der Waals surface area contributed by atoms with Gasteiger partial charge in [0.2, 0.25) is 0 Å². The van der Waals surface area contributed by atoms with Crippen molar-refractivity contribution < 1.29 is 0 Å². The molecule has 116 valence electrons. The van der Waals surface area contributed by atoms with Gasteiger partial charge < -0.3 is 0 Å². The van der Waals surface area contributed by atoms with Gasteiger partial charge in [-0.15, -0.1) is 0 Å². The van der Waals surface area contributed by atoms with Gasteiger partial charge in [-0.05, 0) is 24.6 Å². The van der Waals surface area contributed by atoms with Crippen LogP contribution >= 0.6 is 0 Å². The van der Waals surface area contributed by atoms with E-state index >= 15 is 0 Å². The van der Waals surface area contributed by atoms with Crippen LogP contribution in [0.1, 0.15) is 11.4 Å². The monoisotopic (exact) mass is 311 g/mol. The van der Waals surface area contributed by atoms with Gasteiger partial charge in [-0.3, -0.25) is 0 Å². The predicted molar refractivity (Wildman–Crippen MR) is 98.7 cm³/mol. The highest BCUT2D eigenvalue weighted by Gasteiger charge is 2.15. The van der Waals surface area contributed by atoms with E-state index in [2.05, 4.69) is 41.9 Å². The van der Waals surface area contributed by atoms with Gasteiger partial charge >= 0.3 is 0 Å². The first-order chi connectivity index (χ1) is 11.8. The average Bonchev–Trinajstić information content (AvgIpc) is 2.96. The van der Waals surface area contributed by atoms with Gasteiger partial charge in [-0.1, -0.05) is 67.2 Å². The lowest BCUT2D eigenvalue weighted by Gasteiger charge is -2.10. The Kier molecular flexibility index (Phi) is 3.47. The third-order valence-electron chi connectivity index (χ3n) is 4.15. The van der Waals surface area contributed by atoms with Crippen LogP contribution in [-0.4, -0.2) is 14.6 Å². The Labute approximate surface area is 140 Å². The Hall–Kier alpha value is -3.20. The van der Waals surface area contributed by atoms with Gasteiger partial charge in [0.15, 0.2) is 5.65 Å². The maximum atomic E-state index is 4.90. The van der Waals surface area contributed by atoms with E-state index in [1.807, 2.05) is 47.8 Å². The van der Waals surface area contributed by atoms with Gasteiger partial charge in [0.25, 0.3) is 0 Å². The first-order valence-electron chi connectivity index (χ1n) is 7.91. The number of benzene rings is 2. The molecule has 0 aliphatic rings. The number of imidazole rings is 1. The SMILES string of the molecule is C=Cc1c(C)nc2cc(-c3ccccc3)c(-c3ccccc3)nn12. The Morgan fingerprint density at radius 3 is 2.17 bits per heavy atom. The number of hydrogen-bond acceptors (Lipinski definition) is 2. The molecule has 2 aromatic carbocycles. The minimum Gasteiger partial charge on any atom is -0.232 e. The standard InChI is InChI=1S/C21H17N3/c1-3-19-15(2)22-20-14-18(16-10-6-4-7-11-16)21(23-24(19)20)17-12-8-5-9-13-17/h3-14H,1H2,2H3. The third-order valence-corrected chi connectivity index (χ3v) is 4.15. The molecule has 0 saturated heterocycles. The van der Waals surface area contributed by atoms with Gasteiger partial charge in [0.1, 0.15) is 0 Å². The number of fused-ring (bicyclic) bond motifs is 1. The van der Waals surface area contributed by atoms with Crippen molar-refractivity contribution in [2.75, 3.05) is 0 Å². The van der Waals surface area contributed by atoms with Crippen molar-refractivity contribution in [3.63, 3.8) is 0 Å². The molecule has 2 aromatic heterocycles. The molecule has 0 amide bonds. The summed E-state index contributed by atoms with van der Waals surface area (Å²) in [7, 11) is 0. The summed E-state index contributed by atoms with van der Waals surface area (Å²) in [5.41, 5.74) is 6.93. The lowest BCUT2D eigenvalue weighted by atomic mass is 10.0. The lowest BCUT2D eigenvalue weighted by molar-refractivity contribution is 0.932. The number of hydrogen-bond donors (Lipinski definition) is 0. The summed E-state index contributed by atoms with van der Waals surface area (Å²) in [6.45, 7) is 5.88. The van der Waals surface area contributed by atoms with Gasteiger partial charge in [-0.2, -0.15) is 5.10 Å². The summed E-state index contributed by atoms with van der Waals surface area (Å²) in [6.07, 6.45) is 1.80. The molecule has 0 bridgehead atoms. The van der Waals surface area contributed by atoms with Crippen molar-refractivity contribution in [3.05, 3.63) is 84.7 Å². The van der Waals surface area contributed by atoms with E-state index in [1.165, 1.54) is 0 Å². The molecule has 0 fully saturated rings. The molecular formula is C21H17N3. The molecule has 0 N–H and O–H groups in total. The van der Waals surface area contributed by atoms with E-state index in [-0.39, 0.29) is 0 Å². The van der Waals surface area contributed by atoms with Crippen molar-refractivity contribution >= 4 is 11.7 Å². The molecule has 3 heteroatoms. The molecule has 0 radical (unpaired) electrons. The highest BCUT2D eigenvalue weighted by Crippen LogP contribution is 2.31. The molecule has 0 atom stereocenters. The fourth-order valence-corrected chi connectivity index (χ4v) is 2.98. The summed E-state index contributed by atoms with van der Waals surface area (Å²) < 4.78 is 1.87. The molecule has 0 saturated carbocycles. The Morgan fingerprint density at radius 2 is 1.54 bits per heavy atom. The van der Waals surface area contributed by atoms with Crippen molar-refractivity contribution in [2.24, 2.45) is 0 Å². The minimum absolute atomic E-state index is 0.834. The Balaban J connectivity index is 2.08. The van der Waals surface area contributed by atoms with Crippen molar-refractivity contribution in [3.8, 4) is 22.4 Å². The minimum atomic E-state index is 0.834. The molecule has 0 aliphatic heterocycles. The Bertz CT molecular complexity index is 1020. The van der Waals surface area contributed by atoms with Gasteiger partial charge in [-0.25, -0.2) is 9.50 Å². The number of aromatic nitrogens is 3. The summed E-state index contributed by atoms with van der Waals surface area (Å²) in [4.78, 5) is 4.63. The van der Waals surface area contributed by atoms with Crippen LogP contribution in [0.3, 0.4) is 0 Å². The molecule has 3 nitrogen and oxygen atoms in total. The highest BCUT2D eigenvalue weighted by molar-refractivity contribution is 5.82. The van der Waals surface area contributed by atoms with E-state index in [1.54, 1.807) is 6.08 Å². The second kappa shape index (κ2) is 5.78. The molecule has 4 aromatic rings. The second-order valence-corrected chi connectivity index (χ2v) is 5.70. The normalized spacial score (nSPS) is 10.9. The largest absolute Gasteiger partial charge is 0.232 e. The summed E-state index contributed by atoms with van der Waals surface area (Å²) in [6, 6.07) is 22.6. The van der Waals surface area contributed by atoms with Crippen molar-refractivity contribution in [1.82, 2.24) is 14.6 Å². The van der Waals surface area contributed by atoms with E-state index in [9.17, 15) is 0 Å². The van der Waals surface area contributed by atoms with E-state index in [0.29, 0.717) is 0 Å². The summed E-state index contributed by atoms with van der Waals surface area (Å²) in [5.74, 6) is 0. The van der Waals surface area contributed by atoms with Crippen LogP contribution in [-0.2, 0) is 0 Å². The van der Waals surface area contributed by atoms with Crippen LogP contribution in [0.25, 0.3) is 34.1 Å². The summed E-state index contributed by atoms with van der Waals surface area (Å²) in [5, 5.41) is 4.90. The maximum Gasteiger partial charge on any atom is 0.155 e. The quantitative estimate of drug-likeness (QED) is 0.532. The van der Waals surface area contributed by atoms with Crippen LogP contribution in [0.5, 0.6) is 0 Å². The lowest BCUT2D eigenvalue weighted by Crippen LogP contribution is -1.99. The van der Waals surface area contributed by atoms with Crippen molar-refractivity contribution in [1.29, 1.82) is 0 Å². The molecular weight excluding hydrogens is 294 g/mol. The van der Waals surface area contributed by atoms with Gasteiger partial charge in [0.05, 0.1) is 17.1 Å². The zero-order chi connectivity index (χ0) is 16.5. The van der Waals surface area contributed by atoms with E-state index in [4.69, 9.17) is 5.10 Å². The van der Waals surface area contributed by atoms with Crippen LogP contribution in [0.2, 0.25) is 0 Å². The van der Waals surface area contributed by atoms with Crippen molar-refractivity contribution in [2.45, 2.75) is 6.92 Å². The predicted octanol–water partition coefficient (Wildman–Crippen LogP) is 5.01. The highest BCUT2D eigenvalue weighted by atomic mass is 15.3. The van der Waals surface area contributed by atoms with Gasteiger partial charge in [0, 0.05) is 11.1 Å². The fraction of sp³-hybridized carbons (Fsp3) is 0.0476. The van der Waals surface area contributed by atoms with Crippen LogP contribution < -0.4 is 0 Å². The van der Waals surface area contributed by atoms with Crippen LogP contribution in [0.4, 0.5) is 0 Å². The zero-order valence-corrected chi connectivity index (χ0v) is 13.5. The second-order valence-electron chi connectivity index (χ2n) is 5.70. The molecule has 0 spiro atoms. The first-order valence-corrected chi connectivity index (χ1v) is 7.91. The molecule has 4 rings (SSSR count). The van der Waals surface area contributed by atoms with Crippen LogP contribution in [0.15, 0.2) is 73.3 Å². The van der Waals surface area contributed by atoms with E-state index < -0.39 is 0 Å². The topological polar surface area (TPSA) is 30.2 Å². The molecule has 0 aliphatic carbocycles. The molecule has 24 heavy (non-hydrogen) atoms. The third kappa shape index (κ3) is 2.31. The zero-order valence-electron chi connectivity index (χ0n) is 13.5. The first kappa shape index (κ1) is 14.4. The smallest absolute Gasteiger partial charge is 0.155 e. The Morgan fingerprint density at radius 1 is 0.917 bits per heavy atom. The fourth-order valence-electron chi connectivity index (χ4n) is 2.98. The number of nitrogens with zero attached hydrogens (tertiary/aromatic N) is 3. The summed E-state index contributed by atoms with van der Waals surface area (Å²) >= 11 is 0. The molecule has 0 unspecified atom stereocenters. The number of rotatable bonds is 3.